The molecule has 10 heteroatoms. The maximum Gasteiger partial charge on any atom is 0.331 e. The molecule has 9 nitrogen and oxygen atoms in total. The first-order valence-corrected chi connectivity index (χ1v) is 12.8. The molecule has 186 valence electrons. The third-order valence-corrected chi connectivity index (χ3v) is 8.23. The van der Waals surface area contributed by atoms with E-state index in [4.69, 9.17) is 9.47 Å². The zero-order valence-corrected chi connectivity index (χ0v) is 20.6. The smallest absolute Gasteiger partial charge is 0.331 e. The van der Waals surface area contributed by atoms with Crippen LogP contribution in [0, 0.1) is 0 Å². The van der Waals surface area contributed by atoms with E-state index in [1.54, 1.807) is 35.2 Å². The largest absolute Gasteiger partial charge is 0.493 e. The number of sulfonamides is 1. The van der Waals surface area contributed by atoms with Gasteiger partial charge in [0.1, 0.15) is 0 Å². The van der Waals surface area contributed by atoms with E-state index < -0.39 is 22.1 Å². The summed E-state index contributed by atoms with van der Waals surface area (Å²) >= 11 is 0. The molecule has 1 atom stereocenters. The summed E-state index contributed by atoms with van der Waals surface area (Å²) in [5, 5.41) is 2.74. The minimum absolute atomic E-state index is 0.00613. The van der Waals surface area contributed by atoms with Crippen molar-refractivity contribution < 1.29 is 27.5 Å². The second kappa shape index (κ2) is 9.19. The van der Waals surface area contributed by atoms with Crippen LogP contribution in [-0.4, -0.2) is 52.0 Å². The SMILES string of the molecule is COc1ccc(C(=O)N2CCc3cc(S(=O)(=O)N4CC(c5ccccc5)NC4=O)ccc32)cc1OC. The molecule has 3 amide bonds. The number of nitrogens with zero attached hydrogens (tertiary/aromatic N) is 2. The number of rotatable bonds is 6. The summed E-state index contributed by atoms with van der Waals surface area (Å²) in [6, 6.07) is 17.7. The number of urea groups is 1. The first-order valence-electron chi connectivity index (χ1n) is 11.4. The third kappa shape index (κ3) is 4.03. The molecule has 0 aliphatic carbocycles. The van der Waals surface area contributed by atoms with Crippen LogP contribution in [0.4, 0.5) is 10.5 Å². The van der Waals surface area contributed by atoms with Crippen LogP contribution < -0.4 is 19.7 Å². The fraction of sp³-hybridized carbons (Fsp3) is 0.231. The van der Waals surface area contributed by atoms with E-state index >= 15 is 0 Å². The van der Waals surface area contributed by atoms with Crippen molar-refractivity contribution in [1.29, 1.82) is 0 Å². The number of fused-ring (bicyclic) bond motifs is 1. The van der Waals surface area contributed by atoms with Gasteiger partial charge in [0, 0.05) is 17.8 Å². The molecule has 0 bridgehead atoms. The van der Waals surface area contributed by atoms with Gasteiger partial charge in [-0.1, -0.05) is 30.3 Å². The molecule has 0 spiro atoms. The molecule has 3 aromatic carbocycles. The summed E-state index contributed by atoms with van der Waals surface area (Å²) in [5.74, 6) is 0.739. The molecule has 2 aliphatic rings. The van der Waals surface area contributed by atoms with Crippen LogP contribution in [-0.2, 0) is 16.4 Å². The number of carbonyl (C=O) groups is 2. The molecule has 2 aliphatic heterocycles. The van der Waals surface area contributed by atoms with Crippen molar-refractivity contribution in [2.75, 3.05) is 32.2 Å². The molecule has 0 aromatic heterocycles. The summed E-state index contributed by atoms with van der Waals surface area (Å²) in [6.07, 6.45) is 0.497. The zero-order valence-electron chi connectivity index (χ0n) is 19.8. The number of anilines is 1. The Hall–Kier alpha value is -4.05. The molecule has 36 heavy (non-hydrogen) atoms. The van der Waals surface area contributed by atoms with E-state index in [1.165, 1.54) is 20.3 Å². The fourth-order valence-electron chi connectivity index (χ4n) is 4.60. The van der Waals surface area contributed by atoms with Crippen LogP contribution in [0.3, 0.4) is 0 Å². The Kier molecular flexibility index (Phi) is 6.05. The molecule has 0 saturated carbocycles. The summed E-state index contributed by atoms with van der Waals surface area (Å²) in [6.45, 7) is 0.415. The van der Waals surface area contributed by atoms with E-state index in [-0.39, 0.29) is 17.3 Å². The van der Waals surface area contributed by atoms with E-state index in [9.17, 15) is 18.0 Å². The van der Waals surface area contributed by atoms with Crippen molar-refractivity contribution in [2.24, 2.45) is 0 Å². The van der Waals surface area contributed by atoms with Gasteiger partial charge < -0.3 is 19.7 Å². The van der Waals surface area contributed by atoms with Crippen molar-refractivity contribution in [1.82, 2.24) is 9.62 Å². The molecular formula is C26H25N3O6S. The summed E-state index contributed by atoms with van der Waals surface area (Å²) in [4.78, 5) is 27.4. The number of hydrogen-bond donors (Lipinski definition) is 1. The van der Waals surface area contributed by atoms with Gasteiger partial charge in [-0.25, -0.2) is 17.5 Å². The topological polar surface area (TPSA) is 105 Å². The van der Waals surface area contributed by atoms with Crippen LogP contribution >= 0.6 is 0 Å². The predicted octanol–water partition coefficient (Wildman–Crippen LogP) is 3.36. The van der Waals surface area contributed by atoms with Crippen molar-refractivity contribution in [3.63, 3.8) is 0 Å². The van der Waals surface area contributed by atoms with Crippen molar-refractivity contribution in [3.05, 3.63) is 83.4 Å². The monoisotopic (exact) mass is 507 g/mol. The number of ether oxygens (including phenoxy) is 2. The van der Waals surface area contributed by atoms with Gasteiger partial charge in [0.2, 0.25) is 0 Å². The number of benzene rings is 3. The molecule has 1 unspecified atom stereocenters. The van der Waals surface area contributed by atoms with Crippen LogP contribution in [0.15, 0.2) is 71.6 Å². The van der Waals surface area contributed by atoms with Crippen LogP contribution in [0.5, 0.6) is 11.5 Å². The molecule has 0 radical (unpaired) electrons. The van der Waals surface area contributed by atoms with Gasteiger partial charge >= 0.3 is 6.03 Å². The number of nitrogens with one attached hydrogen (secondary N) is 1. The highest BCUT2D eigenvalue weighted by molar-refractivity contribution is 7.89. The molecule has 1 N–H and O–H groups in total. The molecule has 1 saturated heterocycles. The second-order valence-corrected chi connectivity index (χ2v) is 10.4. The van der Waals surface area contributed by atoms with Gasteiger partial charge in [-0.2, -0.15) is 0 Å². The maximum absolute atomic E-state index is 13.3. The van der Waals surface area contributed by atoms with Crippen molar-refractivity contribution >= 4 is 27.6 Å². The van der Waals surface area contributed by atoms with Crippen molar-refractivity contribution in [2.45, 2.75) is 17.4 Å². The Balaban J connectivity index is 1.39. The Morgan fingerprint density at radius 2 is 1.72 bits per heavy atom. The highest BCUT2D eigenvalue weighted by atomic mass is 32.2. The van der Waals surface area contributed by atoms with Gasteiger partial charge in [0.25, 0.3) is 15.9 Å². The van der Waals surface area contributed by atoms with Gasteiger partial charge in [0.15, 0.2) is 11.5 Å². The summed E-state index contributed by atoms with van der Waals surface area (Å²) < 4.78 is 38.1. The van der Waals surface area contributed by atoms with Crippen LogP contribution in [0.25, 0.3) is 0 Å². The lowest BCUT2D eigenvalue weighted by Crippen LogP contribution is -2.34. The second-order valence-electron chi connectivity index (χ2n) is 8.52. The Morgan fingerprint density at radius 3 is 2.44 bits per heavy atom. The van der Waals surface area contributed by atoms with Gasteiger partial charge in [0.05, 0.1) is 31.7 Å². The maximum atomic E-state index is 13.3. The lowest BCUT2D eigenvalue weighted by atomic mass is 10.1. The number of carbonyl (C=O) groups excluding carboxylic acids is 2. The number of methoxy groups -OCH3 is 2. The summed E-state index contributed by atoms with van der Waals surface area (Å²) in [5.41, 5.74) is 2.63. The first-order chi connectivity index (χ1) is 17.3. The van der Waals surface area contributed by atoms with E-state index in [1.807, 2.05) is 30.3 Å². The lowest BCUT2D eigenvalue weighted by molar-refractivity contribution is 0.0989. The van der Waals surface area contributed by atoms with Crippen molar-refractivity contribution in [3.8, 4) is 11.5 Å². The van der Waals surface area contributed by atoms with Gasteiger partial charge in [-0.05, 0) is 53.9 Å². The summed E-state index contributed by atoms with van der Waals surface area (Å²) in [7, 11) is -1.04. The minimum atomic E-state index is -4.07. The standard InChI is InChI=1S/C26H25N3O6S/c1-34-23-11-8-19(15-24(23)35-2)25(30)28-13-12-18-14-20(9-10-22(18)28)36(32,33)29-16-21(27-26(29)31)17-6-4-3-5-7-17/h3-11,14-15,21H,12-13,16H2,1-2H3,(H,27,31). The fourth-order valence-corrected chi connectivity index (χ4v) is 6.00. The minimum Gasteiger partial charge on any atom is -0.493 e. The molecule has 5 rings (SSSR count). The average molecular weight is 508 g/mol. The van der Waals surface area contributed by atoms with Gasteiger partial charge in [-0.15, -0.1) is 0 Å². The Labute approximate surface area is 209 Å². The molecular weight excluding hydrogens is 482 g/mol. The highest BCUT2D eigenvalue weighted by Gasteiger charge is 2.39. The van der Waals surface area contributed by atoms with Crippen LogP contribution in [0.1, 0.15) is 27.5 Å². The predicted molar refractivity (Wildman–Crippen MR) is 133 cm³/mol. The Bertz CT molecular complexity index is 1440. The Morgan fingerprint density at radius 1 is 0.972 bits per heavy atom. The average Bonchev–Trinajstić information content (AvgIpc) is 3.52. The molecule has 1 fully saturated rings. The van der Waals surface area contributed by atoms with Gasteiger partial charge in [-0.3, -0.25) is 4.79 Å². The zero-order chi connectivity index (χ0) is 25.4. The number of hydrogen-bond acceptors (Lipinski definition) is 6. The van der Waals surface area contributed by atoms with E-state index in [0.29, 0.717) is 35.7 Å². The van der Waals surface area contributed by atoms with Crippen LogP contribution in [0.2, 0.25) is 0 Å². The number of amides is 3. The quantitative estimate of drug-likeness (QED) is 0.549. The first kappa shape index (κ1) is 23.7. The highest BCUT2D eigenvalue weighted by Crippen LogP contribution is 2.35. The normalized spacial score (nSPS) is 17.1. The third-order valence-electron chi connectivity index (χ3n) is 6.48. The molecule has 2 heterocycles. The van der Waals surface area contributed by atoms with E-state index in [0.717, 1.165) is 15.4 Å². The van der Waals surface area contributed by atoms with E-state index in [2.05, 4.69) is 5.32 Å². The lowest BCUT2D eigenvalue weighted by Gasteiger charge is -2.19. The molecule has 3 aromatic rings.